The van der Waals surface area contributed by atoms with Crippen molar-refractivity contribution in [3.8, 4) is 5.75 Å². The van der Waals surface area contributed by atoms with Crippen molar-refractivity contribution in [1.82, 2.24) is 25.4 Å². The number of benzene rings is 1. The van der Waals surface area contributed by atoms with Gasteiger partial charge in [0.05, 0.1) is 18.1 Å². The first-order chi connectivity index (χ1) is 14.6. The number of ether oxygens (including phenoxy) is 2. The van der Waals surface area contributed by atoms with E-state index in [2.05, 4.69) is 34.6 Å². The third-order valence-corrected chi connectivity index (χ3v) is 5.21. The number of fused-ring (bicyclic) bond motifs is 1. The second-order valence-electron chi connectivity index (χ2n) is 7.24. The summed E-state index contributed by atoms with van der Waals surface area (Å²) >= 11 is 6.22. The summed E-state index contributed by atoms with van der Waals surface area (Å²) < 4.78 is 13.2. The van der Waals surface area contributed by atoms with Gasteiger partial charge in [0.15, 0.2) is 11.8 Å². The standard InChI is InChI=1S/C21H31ClN6O2/c1-4-16(30-18-9-7-6-8-17(18)22)12-24-21(23-5-2)25-15-10-11-20-26-19(14-29-3)27-28(20)13-15/h6-9,15-16H,4-5,10-14H2,1-3H3,(H2,23,24,25). The van der Waals surface area contributed by atoms with Crippen LogP contribution in [0.2, 0.25) is 5.02 Å². The van der Waals surface area contributed by atoms with Gasteiger partial charge in [-0.05, 0) is 31.9 Å². The normalized spacial score (nSPS) is 17.3. The fourth-order valence-corrected chi connectivity index (χ4v) is 3.53. The number of methoxy groups -OCH3 is 1. The Kier molecular flexibility index (Phi) is 8.33. The average molecular weight is 435 g/mol. The van der Waals surface area contributed by atoms with Gasteiger partial charge in [-0.2, -0.15) is 5.10 Å². The predicted molar refractivity (Wildman–Crippen MR) is 118 cm³/mol. The van der Waals surface area contributed by atoms with Gasteiger partial charge >= 0.3 is 0 Å². The minimum atomic E-state index is -0.0507. The van der Waals surface area contributed by atoms with Crippen LogP contribution in [0.25, 0.3) is 0 Å². The smallest absolute Gasteiger partial charge is 0.191 e. The zero-order chi connectivity index (χ0) is 21.3. The second kappa shape index (κ2) is 11.2. The van der Waals surface area contributed by atoms with E-state index in [1.165, 1.54) is 0 Å². The van der Waals surface area contributed by atoms with E-state index in [4.69, 9.17) is 26.1 Å². The molecule has 2 aromatic rings. The summed E-state index contributed by atoms with van der Waals surface area (Å²) in [6.07, 6.45) is 2.64. The highest BCUT2D eigenvalue weighted by Gasteiger charge is 2.22. The highest BCUT2D eigenvalue weighted by Crippen LogP contribution is 2.24. The number of rotatable bonds is 9. The lowest BCUT2D eigenvalue weighted by Crippen LogP contribution is -2.47. The molecule has 1 aliphatic rings. The van der Waals surface area contributed by atoms with Gasteiger partial charge in [0, 0.05) is 26.1 Å². The van der Waals surface area contributed by atoms with Crippen molar-refractivity contribution in [3.05, 3.63) is 40.9 Å². The fraction of sp³-hybridized carbons (Fsp3) is 0.571. The highest BCUT2D eigenvalue weighted by atomic mass is 35.5. The maximum absolute atomic E-state index is 6.22. The number of aryl methyl sites for hydroxylation is 1. The summed E-state index contributed by atoms with van der Waals surface area (Å²) in [7, 11) is 1.66. The van der Waals surface area contributed by atoms with Crippen molar-refractivity contribution in [2.45, 2.75) is 58.4 Å². The Morgan fingerprint density at radius 2 is 2.20 bits per heavy atom. The zero-order valence-corrected chi connectivity index (χ0v) is 18.7. The van der Waals surface area contributed by atoms with Crippen LogP contribution in [-0.4, -0.2) is 53.1 Å². The minimum Gasteiger partial charge on any atom is -0.487 e. The predicted octanol–water partition coefficient (Wildman–Crippen LogP) is 2.81. The maximum atomic E-state index is 6.22. The number of para-hydroxylation sites is 1. The average Bonchev–Trinajstić information content (AvgIpc) is 3.14. The highest BCUT2D eigenvalue weighted by molar-refractivity contribution is 6.32. The molecule has 1 aromatic heterocycles. The monoisotopic (exact) mass is 434 g/mol. The molecule has 1 aromatic carbocycles. The van der Waals surface area contributed by atoms with Gasteiger partial charge in [-0.25, -0.2) is 14.7 Å². The molecule has 1 aliphatic heterocycles. The van der Waals surface area contributed by atoms with Crippen LogP contribution in [0.3, 0.4) is 0 Å². The van der Waals surface area contributed by atoms with Crippen molar-refractivity contribution < 1.29 is 9.47 Å². The molecule has 0 fully saturated rings. The van der Waals surface area contributed by atoms with Gasteiger partial charge in [-0.1, -0.05) is 30.7 Å². The Labute approximate surface area is 183 Å². The first-order valence-corrected chi connectivity index (χ1v) is 10.9. The van der Waals surface area contributed by atoms with Crippen molar-refractivity contribution in [1.29, 1.82) is 0 Å². The van der Waals surface area contributed by atoms with E-state index in [0.29, 0.717) is 23.9 Å². The Hall–Kier alpha value is -2.32. The van der Waals surface area contributed by atoms with Crippen molar-refractivity contribution in [2.75, 3.05) is 20.2 Å². The number of hydrogen-bond donors (Lipinski definition) is 2. The third kappa shape index (κ3) is 6.09. The van der Waals surface area contributed by atoms with Crippen LogP contribution < -0.4 is 15.4 Å². The van der Waals surface area contributed by atoms with E-state index in [9.17, 15) is 0 Å². The van der Waals surface area contributed by atoms with Crippen LogP contribution in [0.5, 0.6) is 5.75 Å². The van der Waals surface area contributed by atoms with Gasteiger partial charge in [0.2, 0.25) is 0 Å². The lowest BCUT2D eigenvalue weighted by molar-refractivity contribution is 0.177. The van der Waals surface area contributed by atoms with Crippen LogP contribution in [-0.2, 0) is 24.3 Å². The van der Waals surface area contributed by atoms with Crippen molar-refractivity contribution in [2.24, 2.45) is 4.99 Å². The van der Waals surface area contributed by atoms with Crippen LogP contribution in [0.1, 0.15) is 38.3 Å². The molecule has 2 N–H and O–H groups in total. The van der Waals surface area contributed by atoms with Crippen molar-refractivity contribution >= 4 is 17.6 Å². The van der Waals surface area contributed by atoms with E-state index in [-0.39, 0.29) is 12.1 Å². The Morgan fingerprint density at radius 1 is 1.37 bits per heavy atom. The van der Waals surface area contributed by atoms with Crippen LogP contribution in [0.4, 0.5) is 0 Å². The van der Waals surface area contributed by atoms with Crippen LogP contribution in [0, 0.1) is 0 Å². The van der Waals surface area contributed by atoms with Gasteiger partial charge in [-0.15, -0.1) is 0 Å². The number of nitrogens with zero attached hydrogens (tertiary/aromatic N) is 4. The van der Waals surface area contributed by atoms with E-state index in [1.54, 1.807) is 7.11 Å². The number of guanidine groups is 1. The zero-order valence-electron chi connectivity index (χ0n) is 17.9. The lowest BCUT2D eigenvalue weighted by Gasteiger charge is -2.25. The van der Waals surface area contributed by atoms with Crippen molar-refractivity contribution in [3.63, 3.8) is 0 Å². The molecule has 2 unspecified atom stereocenters. The second-order valence-corrected chi connectivity index (χ2v) is 7.64. The molecule has 0 amide bonds. The molecule has 0 saturated carbocycles. The Balaban J connectivity index is 1.60. The van der Waals surface area contributed by atoms with E-state index in [1.807, 2.05) is 28.9 Å². The van der Waals surface area contributed by atoms with Crippen LogP contribution in [0.15, 0.2) is 29.3 Å². The molecule has 164 valence electrons. The molecule has 30 heavy (non-hydrogen) atoms. The summed E-state index contributed by atoms with van der Waals surface area (Å²) in [4.78, 5) is 9.29. The largest absolute Gasteiger partial charge is 0.487 e. The number of aliphatic imine (C=N–C) groups is 1. The molecule has 0 spiro atoms. The van der Waals surface area contributed by atoms with Gasteiger partial charge < -0.3 is 20.1 Å². The Morgan fingerprint density at radius 3 is 2.93 bits per heavy atom. The number of nitrogens with one attached hydrogen (secondary N) is 2. The summed E-state index contributed by atoms with van der Waals surface area (Å²) in [6, 6.07) is 7.76. The number of hydrogen-bond acceptors (Lipinski definition) is 5. The molecule has 0 aliphatic carbocycles. The lowest BCUT2D eigenvalue weighted by atomic mass is 10.1. The molecule has 9 heteroatoms. The van der Waals surface area contributed by atoms with Gasteiger partial charge in [0.25, 0.3) is 0 Å². The van der Waals surface area contributed by atoms with E-state index >= 15 is 0 Å². The maximum Gasteiger partial charge on any atom is 0.191 e. The van der Waals surface area contributed by atoms with E-state index in [0.717, 1.165) is 50.0 Å². The third-order valence-electron chi connectivity index (χ3n) is 4.90. The summed E-state index contributed by atoms with van der Waals surface area (Å²) in [5.74, 6) is 3.22. The molecular weight excluding hydrogens is 404 g/mol. The molecule has 2 heterocycles. The Bertz CT molecular complexity index is 841. The fourth-order valence-electron chi connectivity index (χ4n) is 3.34. The summed E-state index contributed by atoms with van der Waals surface area (Å²) in [5.41, 5.74) is 0. The quantitative estimate of drug-likeness (QED) is 0.466. The molecule has 3 rings (SSSR count). The first-order valence-electron chi connectivity index (χ1n) is 10.5. The number of aromatic nitrogens is 3. The molecule has 8 nitrogen and oxygen atoms in total. The van der Waals surface area contributed by atoms with Gasteiger partial charge in [-0.3, -0.25) is 0 Å². The molecule has 0 radical (unpaired) electrons. The minimum absolute atomic E-state index is 0.0507. The summed E-state index contributed by atoms with van der Waals surface area (Å²) in [6.45, 7) is 6.66. The van der Waals surface area contributed by atoms with Gasteiger partial charge in [0.1, 0.15) is 24.3 Å². The van der Waals surface area contributed by atoms with E-state index < -0.39 is 0 Å². The first kappa shape index (κ1) is 22.4. The van der Waals surface area contributed by atoms with Crippen LogP contribution >= 0.6 is 11.6 Å². The SMILES string of the molecule is CCNC(=NCC(CC)Oc1ccccc1Cl)NC1CCc2nc(COC)nn2C1. The summed E-state index contributed by atoms with van der Waals surface area (Å²) in [5, 5.41) is 12.0. The number of halogens is 1. The molecular formula is C21H31ClN6O2. The molecule has 2 atom stereocenters. The molecule has 0 bridgehead atoms. The topological polar surface area (TPSA) is 85.6 Å². The molecule has 0 saturated heterocycles.